The van der Waals surface area contributed by atoms with E-state index in [2.05, 4.69) is 18.8 Å². The first-order valence-corrected chi connectivity index (χ1v) is 7.87. The standard InChI is InChI=1S/C15H20Cl2N2O/c1-10(2)9-19(11-5-3-4-6-11)15(20)14-12(16)7-8-13(17)18-14/h7-8,10-11H,3-6,9H2,1-2H3. The lowest BCUT2D eigenvalue weighted by atomic mass is 10.1. The van der Waals surface area contributed by atoms with Gasteiger partial charge in [0.05, 0.1) is 5.02 Å². The van der Waals surface area contributed by atoms with E-state index in [0.717, 1.165) is 19.4 Å². The molecule has 0 aromatic carbocycles. The molecule has 0 unspecified atom stereocenters. The van der Waals surface area contributed by atoms with Gasteiger partial charge in [0.1, 0.15) is 10.8 Å². The van der Waals surface area contributed by atoms with E-state index in [1.54, 1.807) is 12.1 Å². The smallest absolute Gasteiger partial charge is 0.274 e. The number of pyridine rings is 1. The molecule has 3 nitrogen and oxygen atoms in total. The van der Waals surface area contributed by atoms with Gasteiger partial charge >= 0.3 is 0 Å². The van der Waals surface area contributed by atoms with Crippen molar-refractivity contribution < 1.29 is 4.79 Å². The van der Waals surface area contributed by atoms with Crippen molar-refractivity contribution in [2.24, 2.45) is 5.92 Å². The lowest BCUT2D eigenvalue weighted by molar-refractivity contribution is 0.0649. The highest BCUT2D eigenvalue weighted by Gasteiger charge is 2.29. The molecule has 1 aromatic heterocycles. The molecule has 1 aliphatic rings. The Morgan fingerprint density at radius 3 is 2.60 bits per heavy atom. The molecule has 20 heavy (non-hydrogen) atoms. The van der Waals surface area contributed by atoms with Crippen molar-refractivity contribution in [3.63, 3.8) is 0 Å². The van der Waals surface area contributed by atoms with Gasteiger partial charge in [-0.05, 0) is 30.9 Å². The van der Waals surface area contributed by atoms with Gasteiger partial charge < -0.3 is 4.90 Å². The second kappa shape index (κ2) is 6.77. The summed E-state index contributed by atoms with van der Waals surface area (Å²) in [5, 5.41) is 0.667. The van der Waals surface area contributed by atoms with Crippen molar-refractivity contribution in [1.29, 1.82) is 0 Å². The molecule has 110 valence electrons. The number of rotatable bonds is 4. The fourth-order valence-corrected chi connectivity index (χ4v) is 3.05. The summed E-state index contributed by atoms with van der Waals surface area (Å²) >= 11 is 12.0. The SMILES string of the molecule is CC(C)CN(C(=O)c1nc(Cl)ccc1Cl)C1CCCC1. The molecular weight excluding hydrogens is 295 g/mol. The number of hydrogen-bond acceptors (Lipinski definition) is 2. The largest absolute Gasteiger partial charge is 0.334 e. The topological polar surface area (TPSA) is 33.2 Å². The van der Waals surface area contributed by atoms with Crippen molar-refractivity contribution in [3.05, 3.63) is 28.0 Å². The number of carbonyl (C=O) groups excluding carboxylic acids is 1. The molecular formula is C15H20Cl2N2O. The van der Waals surface area contributed by atoms with Gasteiger partial charge in [0, 0.05) is 12.6 Å². The summed E-state index contributed by atoms with van der Waals surface area (Å²) in [4.78, 5) is 18.8. The summed E-state index contributed by atoms with van der Waals surface area (Å²) < 4.78 is 0. The summed E-state index contributed by atoms with van der Waals surface area (Å²) in [6, 6.07) is 3.54. The van der Waals surface area contributed by atoms with Crippen LogP contribution in [0.3, 0.4) is 0 Å². The highest BCUT2D eigenvalue weighted by atomic mass is 35.5. The zero-order valence-corrected chi connectivity index (χ0v) is 13.4. The monoisotopic (exact) mass is 314 g/mol. The van der Waals surface area contributed by atoms with Crippen LogP contribution >= 0.6 is 23.2 Å². The minimum atomic E-state index is -0.0990. The van der Waals surface area contributed by atoms with Gasteiger partial charge in [-0.3, -0.25) is 4.79 Å². The van der Waals surface area contributed by atoms with Crippen LogP contribution < -0.4 is 0 Å². The number of amides is 1. The zero-order valence-electron chi connectivity index (χ0n) is 11.9. The zero-order chi connectivity index (χ0) is 14.7. The van der Waals surface area contributed by atoms with Crippen molar-refractivity contribution in [2.75, 3.05) is 6.54 Å². The molecule has 0 aliphatic heterocycles. The molecule has 1 heterocycles. The average Bonchev–Trinajstić information content (AvgIpc) is 2.91. The van der Waals surface area contributed by atoms with Crippen LogP contribution in [0.1, 0.15) is 50.0 Å². The summed E-state index contributed by atoms with van der Waals surface area (Å²) in [5.41, 5.74) is 0.270. The first-order valence-electron chi connectivity index (χ1n) is 7.12. The number of aromatic nitrogens is 1. The van der Waals surface area contributed by atoms with Crippen LogP contribution in [0.25, 0.3) is 0 Å². The Morgan fingerprint density at radius 1 is 1.35 bits per heavy atom. The van der Waals surface area contributed by atoms with E-state index in [1.807, 2.05) is 4.90 Å². The first-order chi connectivity index (χ1) is 9.49. The molecule has 1 aliphatic carbocycles. The van der Waals surface area contributed by atoms with Gasteiger partial charge in [-0.25, -0.2) is 4.98 Å². The molecule has 1 amide bonds. The highest BCUT2D eigenvalue weighted by Crippen LogP contribution is 2.27. The van der Waals surface area contributed by atoms with E-state index < -0.39 is 0 Å². The molecule has 0 bridgehead atoms. The van der Waals surface area contributed by atoms with Crippen molar-refractivity contribution in [3.8, 4) is 0 Å². The quantitative estimate of drug-likeness (QED) is 0.770. The number of halogens is 2. The van der Waals surface area contributed by atoms with Crippen LogP contribution in [-0.2, 0) is 0 Å². The molecule has 1 saturated carbocycles. The molecule has 5 heteroatoms. The number of hydrogen-bond donors (Lipinski definition) is 0. The van der Waals surface area contributed by atoms with Crippen LogP contribution in [0.4, 0.5) is 0 Å². The highest BCUT2D eigenvalue weighted by molar-refractivity contribution is 6.34. The normalized spacial score (nSPS) is 15.8. The second-order valence-electron chi connectivity index (χ2n) is 5.75. The fraction of sp³-hybridized carbons (Fsp3) is 0.600. The van der Waals surface area contributed by atoms with E-state index in [0.29, 0.717) is 22.1 Å². The van der Waals surface area contributed by atoms with E-state index in [4.69, 9.17) is 23.2 Å². The molecule has 1 fully saturated rings. The van der Waals surface area contributed by atoms with E-state index in [9.17, 15) is 4.79 Å². The third-order valence-electron chi connectivity index (χ3n) is 3.60. The minimum absolute atomic E-state index is 0.0990. The second-order valence-corrected chi connectivity index (χ2v) is 6.55. The molecule has 1 aromatic rings. The molecule has 2 rings (SSSR count). The molecule has 0 atom stereocenters. The van der Waals surface area contributed by atoms with Gasteiger partial charge in [0.2, 0.25) is 0 Å². The Labute approximate surface area is 130 Å². The summed E-state index contributed by atoms with van der Waals surface area (Å²) in [7, 11) is 0. The molecule has 0 saturated heterocycles. The van der Waals surface area contributed by atoms with E-state index in [1.165, 1.54) is 12.8 Å². The van der Waals surface area contributed by atoms with Crippen LogP contribution in [0.5, 0.6) is 0 Å². The Hall–Kier alpha value is -0.800. The average molecular weight is 315 g/mol. The number of carbonyl (C=O) groups is 1. The van der Waals surface area contributed by atoms with Gasteiger partial charge in [-0.15, -0.1) is 0 Å². The summed E-state index contributed by atoms with van der Waals surface area (Å²) in [6.45, 7) is 4.96. The molecule has 0 N–H and O–H groups in total. The predicted molar refractivity (Wildman–Crippen MR) is 82.4 cm³/mol. The predicted octanol–water partition coefficient (Wildman–Crippen LogP) is 4.43. The van der Waals surface area contributed by atoms with Crippen molar-refractivity contribution in [2.45, 2.75) is 45.6 Å². The Balaban J connectivity index is 2.27. The van der Waals surface area contributed by atoms with E-state index >= 15 is 0 Å². The lowest BCUT2D eigenvalue weighted by Gasteiger charge is -2.30. The summed E-state index contributed by atoms with van der Waals surface area (Å²) in [5.74, 6) is 0.315. The first kappa shape index (κ1) is 15.6. The van der Waals surface area contributed by atoms with Crippen LogP contribution in [0.2, 0.25) is 10.2 Å². The molecule has 0 radical (unpaired) electrons. The lowest BCUT2D eigenvalue weighted by Crippen LogP contribution is -2.41. The maximum atomic E-state index is 12.8. The van der Waals surface area contributed by atoms with Crippen molar-refractivity contribution in [1.82, 2.24) is 9.88 Å². The summed E-state index contributed by atoms with van der Waals surface area (Å²) in [6.07, 6.45) is 4.50. The van der Waals surface area contributed by atoms with Gasteiger partial charge in [0.15, 0.2) is 0 Å². The van der Waals surface area contributed by atoms with Gasteiger partial charge in [-0.1, -0.05) is 49.9 Å². The Morgan fingerprint density at radius 2 is 2.00 bits per heavy atom. The molecule has 0 spiro atoms. The third-order valence-corrected chi connectivity index (χ3v) is 4.12. The number of nitrogens with zero attached hydrogens (tertiary/aromatic N) is 2. The van der Waals surface area contributed by atoms with Crippen LogP contribution in [0, 0.1) is 5.92 Å². The van der Waals surface area contributed by atoms with Gasteiger partial charge in [-0.2, -0.15) is 0 Å². The fourth-order valence-electron chi connectivity index (χ4n) is 2.71. The Bertz CT molecular complexity index is 485. The Kier molecular flexibility index (Phi) is 5.28. The van der Waals surface area contributed by atoms with Gasteiger partial charge in [0.25, 0.3) is 5.91 Å². The van der Waals surface area contributed by atoms with Crippen LogP contribution in [0.15, 0.2) is 12.1 Å². The van der Waals surface area contributed by atoms with Crippen molar-refractivity contribution >= 4 is 29.1 Å². The maximum absolute atomic E-state index is 12.8. The maximum Gasteiger partial charge on any atom is 0.274 e. The minimum Gasteiger partial charge on any atom is -0.334 e. The van der Waals surface area contributed by atoms with E-state index in [-0.39, 0.29) is 11.6 Å². The van der Waals surface area contributed by atoms with Crippen LogP contribution in [-0.4, -0.2) is 28.4 Å². The third kappa shape index (κ3) is 3.64.